The zero-order valence-corrected chi connectivity index (χ0v) is 18.7. The summed E-state index contributed by atoms with van der Waals surface area (Å²) in [5.41, 5.74) is 0. The predicted octanol–water partition coefficient (Wildman–Crippen LogP) is 4.72. The SMILES string of the molecule is CCCC(CCC1C(O)CC2C1CC21OCCO1)O[Si](C)(C)C(C)(C)C. The van der Waals surface area contributed by atoms with E-state index in [9.17, 15) is 5.11 Å². The van der Waals surface area contributed by atoms with E-state index in [4.69, 9.17) is 13.9 Å². The van der Waals surface area contributed by atoms with Crippen LogP contribution < -0.4 is 0 Å². The first-order valence-electron chi connectivity index (χ1n) is 10.7. The van der Waals surface area contributed by atoms with E-state index in [0.717, 1.165) is 38.5 Å². The fourth-order valence-corrected chi connectivity index (χ4v) is 6.50. The van der Waals surface area contributed by atoms with Crippen LogP contribution in [-0.4, -0.2) is 44.6 Å². The number of rotatable bonds is 7. The fourth-order valence-electron chi connectivity index (χ4n) is 5.08. The molecule has 4 nitrogen and oxygen atoms in total. The maximum atomic E-state index is 10.7. The Morgan fingerprint density at radius 2 is 1.85 bits per heavy atom. The number of hydrogen-bond acceptors (Lipinski definition) is 4. The molecule has 0 aromatic carbocycles. The van der Waals surface area contributed by atoms with Gasteiger partial charge in [0.25, 0.3) is 0 Å². The molecule has 5 atom stereocenters. The maximum absolute atomic E-state index is 10.7. The van der Waals surface area contributed by atoms with Crippen molar-refractivity contribution in [2.75, 3.05) is 13.2 Å². The maximum Gasteiger partial charge on any atom is 0.192 e. The lowest BCUT2D eigenvalue weighted by Crippen LogP contribution is -2.54. The number of fused-ring (bicyclic) bond motifs is 2. The summed E-state index contributed by atoms with van der Waals surface area (Å²) in [5, 5.41) is 10.9. The molecule has 1 heterocycles. The average Bonchev–Trinajstić information content (AvgIpc) is 3.10. The standard InChI is InChI=1S/C21H40O4Si/c1-7-8-15(25-26(5,6)20(2,3)4)9-10-16-17-14-21(23-11-12-24-21)18(17)13-19(16)22/h15-19,22H,7-14H2,1-6H3. The van der Waals surface area contributed by atoms with Gasteiger partial charge in [0.05, 0.1) is 19.3 Å². The van der Waals surface area contributed by atoms with Crippen LogP contribution in [0.4, 0.5) is 0 Å². The van der Waals surface area contributed by atoms with Gasteiger partial charge in [-0.25, -0.2) is 0 Å². The normalized spacial score (nSPS) is 34.7. The quantitative estimate of drug-likeness (QED) is 0.645. The van der Waals surface area contributed by atoms with Crippen molar-refractivity contribution in [1.29, 1.82) is 0 Å². The number of aliphatic hydroxyl groups excluding tert-OH is 1. The predicted molar refractivity (Wildman–Crippen MR) is 107 cm³/mol. The van der Waals surface area contributed by atoms with E-state index in [0.29, 0.717) is 37.1 Å². The van der Waals surface area contributed by atoms with Crippen molar-refractivity contribution in [2.24, 2.45) is 17.8 Å². The van der Waals surface area contributed by atoms with E-state index in [-0.39, 0.29) is 16.9 Å². The van der Waals surface area contributed by atoms with E-state index in [1.54, 1.807) is 0 Å². The molecule has 3 aliphatic rings. The lowest BCUT2D eigenvalue weighted by molar-refractivity contribution is -0.272. The van der Waals surface area contributed by atoms with Crippen molar-refractivity contribution in [1.82, 2.24) is 0 Å². The Hall–Kier alpha value is 0.0569. The minimum absolute atomic E-state index is 0.202. The summed E-state index contributed by atoms with van der Waals surface area (Å²) in [6.45, 7) is 15.3. The second-order valence-corrected chi connectivity index (χ2v) is 15.1. The highest BCUT2D eigenvalue weighted by Gasteiger charge is 2.64. The van der Waals surface area contributed by atoms with Gasteiger partial charge in [-0.05, 0) is 55.7 Å². The first-order valence-corrected chi connectivity index (χ1v) is 13.6. The zero-order valence-electron chi connectivity index (χ0n) is 17.7. The molecule has 0 radical (unpaired) electrons. The van der Waals surface area contributed by atoms with Gasteiger partial charge in [-0.3, -0.25) is 0 Å². The second kappa shape index (κ2) is 7.47. The summed E-state index contributed by atoms with van der Waals surface area (Å²) in [6.07, 6.45) is 6.37. The van der Waals surface area contributed by atoms with Gasteiger partial charge in [0.15, 0.2) is 14.1 Å². The minimum atomic E-state index is -1.74. The molecule has 2 saturated carbocycles. The molecule has 0 amide bonds. The van der Waals surface area contributed by atoms with Crippen LogP contribution in [0.3, 0.4) is 0 Å². The lowest BCUT2D eigenvalue weighted by Gasteiger charge is -2.49. The van der Waals surface area contributed by atoms with Crippen molar-refractivity contribution in [3.05, 3.63) is 0 Å². The van der Waals surface area contributed by atoms with Crippen LogP contribution in [0.15, 0.2) is 0 Å². The van der Waals surface area contributed by atoms with Gasteiger partial charge in [-0.15, -0.1) is 0 Å². The molecule has 1 spiro atoms. The molecular formula is C21H40O4Si. The van der Waals surface area contributed by atoms with Crippen LogP contribution in [0.1, 0.15) is 66.2 Å². The Morgan fingerprint density at radius 3 is 2.42 bits per heavy atom. The summed E-state index contributed by atoms with van der Waals surface area (Å²) in [6, 6.07) is 0. The summed E-state index contributed by atoms with van der Waals surface area (Å²) in [7, 11) is -1.74. The molecule has 1 saturated heterocycles. The van der Waals surface area contributed by atoms with Crippen molar-refractivity contribution in [2.45, 2.75) is 102 Å². The first kappa shape index (κ1) is 20.8. The van der Waals surface area contributed by atoms with Gasteiger partial charge in [0.2, 0.25) is 0 Å². The molecule has 5 heteroatoms. The van der Waals surface area contributed by atoms with E-state index < -0.39 is 8.32 Å². The van der Waals surface area contributed by atoms with E-state index in [1.165, 1.54) is 0 Å². The zero-order chi connectivity index (χ0) is 19.2. The van der Waals surface area contributed by atoms with Gasteiger partial charge in [0.1, 0.15) is 0 Å². The molecule has 152 valence electrons. The molecule has 1 aliphatic heterocycles. The summed E-state index contributed by atoms with van der Waals surface area (Å²) >= 11 is 0. The van der Waals surface area contributed by atoms with Gasteiger partial charge >= 0.3 is 0 Å². The van der Waals surface area contributed by atoms with Crippen LogP contribution in [0.5, 0.6) is 0 Å². The van der Waals surface area contributed by atoms with Gasteiger partial charge < -0.3 is 19.0 Å². The number of hydrogen-bond donors (Lipinski definition) is 1. The molecule has 5 unspecified atom stereocenters. The largest absolute Gasteiger partial charge is 0.414 e. The highest BCUT2D eigenvalue weighted by Crippen LogP contribution is 2.60. The van der Waals surface area contributed by atoms with Crippen molar-refractivity contribution < 1.29 is 19.0 Å². The molecular weight excluding hydrogens is 344 g/mol. The van der Waals surface area contributed by atoms with Gasteiger partial charge in [0, 0.05) is 18.4 Å². The van der Waals surface area contributed by atoms with E-state index in [2.05, 4.69) is 40.8 Å². The van der Waals surface area contributed by atoms with E-state index >= 15 is 0 Å². The Bertz CT molecular complexity index is 481. The third kappa shape index (κ3) is 3.79. The second-order valence-electron chi connectivity index (χ2n) is 10.3. The van der Waals surface area contributed by atoms with E-state index in [1.807, 2.05) is 0 Å². The van der Waals surface area contributed by atoms with Crippen LogP contribution in [0.2, 0.25) is 18.1 Å². The van der Waals surface area contributed by atoms with Crippen LogP contribution in [-0.2, 0) is 13.9 Å². The van der Waals surface area contributed by atoms with Crippen LogP contribution >= 0.6 is 0 Å². The molecule has 3 fully saturated rings. The number of aliphatic hydroxyl groups is 1. The Morgan fingerprint density at radius 1 is 1.19 bits per heavy atom. The van der Waals surface area contributed by atoms with Crippen molar-refractivity contribution in [3.63, 3.8) is 0 Å². The molecule has 0 aromatic heterocycles. The topological polar surface area (TPSA) is 47.9 Å². The lowest BCUT2D eigenvalue weighted by atomic mass is 9.66. The highest BCUT2D eigenvalue weighted by molar-refractivity contribution is 6.74. The molecule has 2 aliphatic carbocycles. The van der Waals surface area contributed by atoms with Gasteiger partial charge in [-0.1, -0.05) is 34.1 Å². The summed E-state index contributed by atoms with van der Waals surface area (Å²) < 4.78 is 18.5. The molecule has 3 rings (SSSR count). The average molecular weight is 385 g/mol. The molecule has 1 N–H and O–H groups in total. The van der Waals surface area contributed by atoms with Crippen molar-refractivity contribution >= 4 is 8.32 Å². The smallest absolute Gasteiger partial charge is 0.192 e. The third-order valence-corrected chi connectivity index (χ3v) is 12.2. The summed E-state index contributed by atoms with van der Waals surface area (Å²) in [4.78, 5) is 0. The Kier molecular flexibility index (Phi) is 5.97. The molecule has 0 aromatic rings. The minimum Gasteiger partial charge on any atom is -0.414 e. The number of ether oxygens (including phenoxy) is 2. The Balaban J connectivity index is 1.56. The summed E-state index contributed by atoms with van der Waals surface area (Å²) in [5.74, 6) is 1.01. The first-order chi connectivity index (χ1) is 12.1. The van der Waals surface area contributed by atoms with Crippen molar-refractivity contribution in [3.8, 4) is 0 Å². The van der Waals surface area contributed by atoms with Gasteiger partial charge in [-0.2, -0.15) is 0 Å². The van der Waals surface area contributed by atoms with Crippen LogP contribution in [0.25, 0.3) is 0 Å². The third-order valence-electron chi connectivity index (χ3n) is 7.62. The highest BCUT2D eigenvalue weighted by atomic mass is 28.4. The molecule has 0 bridgehead atoms. The van der Waals surface area contributed by atoms with Crippen LogP contribution in [0, 0.1) is 17.8 Å². The fraction of sp³-hybridized carbons (Fsp3) is 1.00. The Labute approximate surface area is 161 Å². The monoisotopic (exact) mass is 384 g/mol. The molecule has 26 heavy (non-hydrogen) atoms.